The Bertz CT molecular complexity index is 477. The highest BCUT2D eigenvalue weighted by Crippen LogP contribution is 2.38. The third-order valence-electron chi connectivity index (χ3n) is 4.70. The van der Waals surface area contributed by atoms with E-state index in [4.69, 9.17) is 6.42 Å². The lowest BCUT2D eigenvalue weighted by molar-refractivity contribution is -0.149. The fourth-order valence-corrected chi connectivity index (χ4v) is 5.09. The van der Waals surface area contributed by atoms with Gasteiger partial charge in [0.15, 0.2) is 0 Å². The number of urea groups is 1. The molecule has 2 amide bonds. The molecular weight excluding hydrogens is 300 g/mol. The van der Waals surface area contributed by atoms with Crippen molar-refractivity contribution in [2.45, 2.75) is 62.8 Å². The van der Waals surface area contributed by atoms with E-state index in [1.165, 1.54) is 0 Å². The number of carboxylic acids is 1. The van der Waals surface area contributed by atoms with Crippen molar-refractivity contribution >= 4 is 23.8 Å². The molecule has 2 aliphatic rings. The lowest BCUT2D eigenvalue weighted by atomic mass is 9.76. The smallest absolute Gasteiger partial charge is 0.315 e. The zero-order valence-corrected chi connectivity index (χ0v) is 13.7. The molecule has 0 spiro atoms. The fraction of sp³-hybridized carbons (Fsp3) is 0.750. The molecule has 2 heterocycles. The highest BCUT2D eigenvalue weighted by atomic mass is 32.2. The third-order valence-corrected chi connectivity index (χ3v) is 6.21. The van der Waals surface area contributed by atoms with Crippen molar-refractivity contribution in [2.75, 3.05) is 5.75 Å². The standard InChI is InChI=1S/C16H24N2O3S/c1-3-7-16(8-4-2,14(19)20)9-5-6-12-13-11(10-22-12)17-15(21)18-13/h1,11-13H,4-10H2,2H3,(H,19,20)(H2,17,18,21)/t11-,12-,13-,16?/m0/s1. The number of thioether (sulfide) groups is 1. The average Bonchev–Trinajstić information content (AvgIpc) is 2.99. The van der Waals surface area contributed by atoms with Crippen LogP contribution in [0.1, 0.15) is 45.4 Å². The summed E-state index contributed by atoms with van der Waals surface area (Å²) >= 11 is 1.86. The van der Waals surface area contributed by atoms with Crippen LogP contribution in [0.15, 0.2) is 0 Å². The molecule has 3 N–H and O–H groups in total. The topological polar surface area (TPSA) is 78.4 Å². The van der Waals surface area contributed by atoms with Crippen LogP contribution in [0.5, 0.6) is 0 Å². The van der Waals surface area contributed by atoms with Gasteiger partial charge in [0.1, 0.15) is 0 Å². The molecule has 2 aliphatic heterocycles. The highest BCUT2D eigenvalue weighted by molar-refractivity contribution is 8.00. The van der Waals surface area contributed by atoms with Crippen LogP contribution in [-0.4, -0.2) is 40.2 Å². The Hall–Kier alpha value is -1.35. The van der Waals surface area contributed by atoms with Gasteiger partial charge in [0, 0.05) is 17.4 Å². The summed E-state index contributed by atoms with van der Waals surface area (Å²) in [5.41, 5.74) is -0.788. The number of nitrogens with one attached hydrogen (secondary N) is 2. The van der Waals surface area contributed by atoms with E-state index in [0.29, 0.717) is 24.5 Å². The number of carbonyl (C=O) groups excluding carboxylic acids is 1. The molecule has 22 heavy (non-hydrogen) atoms. The number of amides is 2. The van der Waals surface area contributed by atoms with Gasteiger partial charge < -0.3 is 15.7 Å². The van der Waals surface area contributed by atoms with E-state index in [0.717, 1.165) is 25.0 Å². The Labute approximate surface area is 136 Å². The van der Waals surface area contributed by atoms with Gasteiger partial charge in [0.2, 0.25) is 0 Å². The van der Waals surface area contributed by atoms with Crippen LogP contribution < -0.4 is 10.6 Å². The number of fused-ring (bicyclic) bond motifs is 1. The first-order valence-corrected chi connectivity index (χ1v) is 8.93. The van der Waals surface area contributed by atoms with Crippen molar-refractivity contribution in [1.29, 1.82) is 0 Å². The van der Waals surface area contributed by atoms with Gasteiger partial charge in [-0.1, -0.05) is 19.8 Å². The van der Waals surface area contributed by atoms with Crippen LogP contribution in [-0.2, 0) is 4.79 Å². The maximum absolute atomic E-state index is 11.7. The fourth-order valence-electron chi connectivity index (χ4n) is 3.55. The Kier molecular flexibility index (Phi) is 5.63. The molecule has 0 aromatic heterocycles. The molecule has 0 aromatic carbocycles. The summed E-state index contributed by atoms with van der Waals surface area (Å²) < 4.78 is 0. The van der Waals surface area contributed by atoms with E-state index in [-0.39, 0.29) is 18.1 Å². The predicted octanol–water partition coefficient (Wildman–Crippen LogP) is 2.22. The lowest BCUT2D eigenvalue weighted by Gasteiger charge is -2.28. The molecule has 5 nitrogen and oxygen atoms in total. The first-order valence-electron chi connectivity index (χ1n) is 7.88. The normalized spacial score (nSPS) is 29.1. The maximum atomic E-state index is 11.7. The van der Waals surface area contributed by atoms with Crippen molar-refractivity contribution in [3.05, 3.63) is 0 Å². The minimum absolute atomic E-state index is 0.0847. The summed E-state index contributed by atoms with van der Waals surface area (Å²) in [6.07, 6.45) is 9.46. The molecule has 6 heteroatoms. The molecule has 0 saturated carbocycles. The zero-order valence-electron chi connectivity index (χ0n) is 12.9. The number of hydrogen-bond donors (Lipinski definition) is 3. The summed E-state index contributed by atoms with van der Waals surface area (Å²) in [5.74, 6) is 2.69. The van der Waals surface area contributed by atoms with Crippen molar-refractivity contribution < 1.29 is 14.7 Å². The molecule has 4 atom stereocenters. The molecule has 122 valence electrons. The van der Waals surface area contributed by atoms with Gasteiger partial charge >= 0.3 is 12.0 Å². The van der Waals surface area contributed by atoms with Gasteiger partial charge in [-0.2, -0.15) is 11.8 Å². The first-order chi connectivity index (χ1) is 10.5. The Morgan fingerprint density at radius 2 is 2.27 bits per heavy atom. The van der Waals surface area contributed by atoms with Crippen molar-refractivity contribution in [3.63, 3.8) is 0 Å². The Balaban J connectivity index is 1.89. The molecule has 2 rings (SSSR count). The molecule has 0 radical (unpaired) electrons. The van der Waals surface area contributed by atoms with Crippen molar-refractivity contribution in [3.8, 4) is 12.3 Å². The van der Waals surface area contributed by atoms with Gasteiger partial charge in [0.05, 0.1) is 17.5 Å². The van der Waals surface area contributed by atoms with Gasteiger partial charge in [-0.25, -0.2) is 4.79 Å². The average molecular weight is 324 g/mol. The van der Waals surface area contributed by atoms with Crippen molar-refractivity contribution in [2.24, 2.45) is 5.41 Å². The van der Waals surface area contributed by atoms with Gasteiger partial charge in [-0.15, -0.1) is 12.3 Å². The van der Waals surface area contributed by atoms with E-state index in [1.54, 1.807) is 0 Å². The molecule has 0 bridgehead atoms. The largest absolute Gasteiger partial charge is 0.481 e. The monoisotopic (exact) mass is 324 g/mol. The minimum atomic E-state index is -0.788. The van der Waals surface area contributed by atoms with Crippen LogP contribution in [0.2, 0.25) is 0 Å². The van der Waals surface area contributed by atoms with E-state index < -0.39 is 11.4 Å². The zero-order chi connectivity index (χ0) is 16.2. The quantitative estimate of drug-likeness (QED) is 0.472. The molecular formula is C16H24N2O3S. The second-order valence-electron chi connectivity index (χ2n) is 6.23. The van der Waals surface area contributed by atoms with E-state index in [9.17, 15) is 14.7 Å². The number of carbonyl (C=O) groups is 2. The lowest BCUT2D eigenvalue weighted by Crippen LogP contribution is -2.37. The summed E-state index contributed by atoms with van der Waals surface area (Å²) in [5, 5.41) is 15.8. The Morgan fingerprint density at radius 3 is 2.91 bits per heavy atom. The number of carboxylic acid groups (broad SMARTS) is 1. The second-order valence-corrected chi connectivity index (χ2v) is 7.50. The third kappa shape index (κ3) is 3.52. The van der Waals surface area contributed by atoms with Crippen LogP contribution in [0.4, 0.5) is 4.79 Å². The van der Waals surface area contributed by atoms with Gasteiger partial charge in [-0.05, 0) is 19.3 Å². The predicted molar refractivity (Wildman–Crippen MR) is 87.8 cm³/mol. The second kappa shape index (κ2) is 7.28. The number of terminal acetylenes is 1. The number of aliphatic carboxylic acids is 1. The summed E-state index contributed by atoms with van der Waals surface area (Å²) in [6.45, 7) is 1.99. The summed E-state index contributed by atoms with van der Waals surface area (Å²) in [6, 6.07) is 0.308. The number of hydrogen-bond acceptors (Lipinski definition) is 3. The first kappa shape index (κ1) is 17.0. The highest BCUT2D eigenvalue weighted by Gasteiger charge is 2.43. The molecule has 0 aliphatic carbocycles. The summed E-state index contributed by atoms with van der Waals surface area (Å²) in [4.78, 5) is 23.0. The molecule has 2 saturated heterocycles. The van der Waals surface area contributed by atoms with Crippen LogP contribution in [0, 0.1) is 17.8 Å². The Morgan fingerprint density at radius 1 is 1.50 bits per heavy atom. The van der Waals surface area contributed by atoms with E-state index >= 15 is 0 Å². The van der Waals surface area contributed by atoms with Crippen molar-refractivity contribution in [1.82, 2.24) is 10.6 Å². The summed E-state index contributed by atoms with van der Waals surface area (Å²) in [7, 11) is 0. The van der Waals surface area contributed by atoms with Gasteiger partial charge in [-0.3, -0.25) is 4.79 Å². The minimum Gasteiger partial charge on any atom is -0.481 e. The van der Waals surface area contributed by atoms with Crippen LogP contribution >= 0.6 is 11.8 Å². The van der Waals surface area contributed by atoms with E-state index in [1.807, 2.05) is 18.7 Å². The van der Waals surface area contributed by atoms with Crippen LogP contribution in [0.25, 0.3) is 0 Å². The van der Waals surface area contributed by atoms with Gasteiger partial charge in [0.25, 0.3) is 0 Å². The molecule has 0 aromatic rings. The molecule has 2 fully saturated rings. The molecule has 1 unspecified atom stereocenters. The SMILES string of the molecule is C#CCC(CCC)(CCC[C@@H]1SC[C@@H]2NC(=O)N[C@@H]21)C(=O)O. The number of rotatable bonds is 8. The maximum Gasteiger partial charge on any atom is 0.315 e. The van der Waals surface area contributed by atoms with Crippen LogP contribution in [0.3, 0.4) is 0 Å². The van der Waals surface area contributed by atoms with E-state index in [2.05, 4.69) is 16.6 Å².